The fraction of sp³-hybridized carbons (Fsp3) is 0.500. The van der Waals surface area contributed by atoms with Crippen LogP contribution < -0.4 is 10.2 Å². The van der Waals surface area contributed by atoms with E-state index in [9.17, 15) is 9.59 Å². The number of nitrogens with zero attached hydrogens (tertiary/aromatic N) is 3. The third-order valence-electron chi connectivity index (χ3n) is 2.62. The van der Waals surface area contributed by atoms with E-state index in [0.29, 0.717) is 13.1 Å². The van der Waals surface area contributed by atoms with Crippen LogP contribution in [0.5, 0.6) is 0 Å². The third-order valence-corrected chi connectivity index (χ3v) is 3.70. The Hall–Kier alpha value is -1.34. The maximum atomic E-state index is 11.7. The number of alkyl halides is 1. The summed E-state index contributed by atoms with van der Waals surface area (Å²) in [6.07, 6.45) is 1.76. The van der Waals surface area contributed by atoms with Crippen molar-refractivity contribution >= 4 is 40.0 Å². The fourth-order valence-corrected chi connectivity index (χ4v) is 2.47. The van der Waals surface area contributed by atoms with E-state index in [1.54, 1.807) is 22.4 Å². The topological polar surface area (TPSA) is 65.5 Å². The summed E-state index contributed by atoms with van der Waals surface area (Å²) in [5.74, 6) is -0.672. The van der Waals surface area contributed by atoms with E-state index in [4.69, 9.17) is 11.6 Å². The highest BCUT2D eigenvalue weighted by Gasteiger charge is 2.23. The highest BCUT2D eigenvalue weighted by Crippen LogP contribution is 2.18. The van der Waals surface area contributed by atoms with Crippen molar-refractivity contribution in [3.05, 3.63) is 11.6 Å². The van der Waals surface area contributed by atoms with Gasteiger partial charge < -0.3 is 9.80 Å². The van der Waals surface area contributed by atoms with Gasteiger partial charge in [-0.25, -0.2) is 9.78 Å². The van der Waals surface area contributed by atoms with Crippen LogP contribution in [0.25, 0.3) is 0 Å². The zero-order valence-corrected chi connectivity index (χ0v) is 11.2. The number of halogens is 1. The first kappa shape index (κ1) is 13.1. The van der Waals surface area contributed by atoms with Crippen molar-refractivity contribution in [3.8, 4) is 0 Å². The second-order valence-electron chi connectivity index (χ2n) is 3.78. The molecule has 0 saturated carbocycles. The molecule has 1 N–H and O–H groups in total. The summed E-state index contributed by atoms with van der Waals surface area (Å²) < 4.78 is 0. The van der Waals surface area contributed by atoms with E-state index in [2.05, 4.69) is 15.2 Å². The molecule has 1 aromatic rings. The van der Waals surface area contributed by atoms with Crippen molar-refractivity contribution < 1.29 is 9.59 Å². The van der Waals surface area contributed by atoms with Gasteiger partial charge >= 0.3 is 6.03 Å². The van der Waals surface area contributed by atoms with E-state index in [-0.39, 0.29) is 11.9 Å². The lowest BCUT2D eigenvalue weighted by Gasteiger charge is -2.34. The molecule has 98 valence electrons. The van der Waals surface area contributed by atoms with Crippen molar-refractivity contribution in [2.45, 2.75) is 0 Å². The Morgan fingerprint density at radius 1 is 1.39 bits per heavy atom. The number of carbonyl (C=O) groups excluding carboxylic acids is 2. The molecular weight excluding hydrogens is 276 g/mol. The summed E-state index contributed by atoms with van der Waals surface area (Å²) in [5.41, 5.74) is 0. The number of anilines is 1. The number of amides is 3. The quantitative estimate of drug-likeness (QED) is 0.815. The van der Waals surface area contributed by atoms with Crippen LogP contribution in [-0.2, 0) is 4.79 Å². The maximum Gasteiger partial charge on any atom is 0.324 e. The van der Waals surface area contributed by atoms with E-state index >= 15 is 0 Å². The summed E-state index contributed by atoms with van der Waals surface area (Å²) in [6, 6.07) is -0.376. The van der Waals surface area contributed by atoms with Crippen LogP contribution in [-0.4, -0.2) is 53.9 Å². The predicted octanol–water partition coefficient (Wildman–Crippen LogP) is 0.740. The standard InChI is InChI=1S/C10H13ClN4O2S/c11-7-8(16)13-9(17)14-2-4-15(5-3-14)10-12-1-6-18-10/h1,6H,2-5,7H2,(H,13,16,17). The van der Waals surface area contributed by atoms with Gasteiger partial charge in [-0.3, -0.25) is 10.1 Å². The first-order chi connectivity index (χ1) is 8.70. The molecule has 0 aromatic carbocycles. The smallest absolute Gasteiger partial charge is 0.324 e. The molecule has 1 aliphatic heterocycles. The molecular formula is C10H13ClN4O2S. The van der Waals surface area contributed by atoms with Gasteiger partial charge in [0.05, 0.1) is 0 Å². The number of rotatable bonds is 2. The number of hydrogen-bond donors (Lipinski definition) is 1. The lowest BCUT2D eigenvalue weighted by atomic mass is 10.3. The molecule has 0 atom stereocenters. The van der Waals surface area contributed by atoms with Crippen LogP contribution >= 0.6 is 22.9 Å². The van der Waals surface area contributed by atoms with Gasteiger partial charge in [0.25, 0.3) is 0 Å². The fourth-order valence-electron chi connectivity index (χ4n) is 1.70. The SMILES string of the molecule is O=C(CCl)NC(=O)N1CCN(c2nccs2)CC1. The molecule has 0 aliphatic carbocycles. The normalized spacial score (nSPS) is 15.6. The van der Waals surface area contributed by atoms with Gasteiger partial charge in [-0.2, -0.15) is 0 Å². The van der Waals surface area contributed by atoms with Gasteiger partial charge in [0.15, 0.2) is 5.13 Å². The number of urea groups is 1. The maximum absolute atomic E-state index is 11.7. The molecule has 1 aromatic heterocycles. The molecule has 8 heteroatoms. The molecule has 1 fully saturated rings. The molecule has 2 rings (SSSR count). The second kappa shape index (κ2) is 6.01. The minimum absolute atomic E-state index is 0.204. The van der Waals surface area contributed by atoms with E-state index in [1.165, 1.54) is 0 Å². The van der Waals surface area contributed by atoms with E-state index < -0.39 is 5.91 Å². The molecule has 6 nitrogen and oxygen atoms in total. The Bertz CT molecular complexity index is 418. The number of nitrogens with one attached hydrogen (secondary N) is 1. The number of carbonyl (C=O) groups is 2. The second-order valence-corrected chi connectivity index (χ2v) is 4.92. The Balaban J connectivity index is 1.83. The van der Waals surface area contributed by atoms with Gasteiger partial charge in [-0.1, -0.05) is 0 Å². The summed E-state index contributed by atoms with van der Waals surface area (Å²) in [4.78, 5) is 30.6. The van der Waals surface area contributed by atoms with Gasteiger partial charge in [-0.15, -0.1) is 22.9 Å². The molecule has 2 heterocycles. The summed E-state index contributed by atoms with van der Waals surface area (Å²) in [5, 5.41) is 5.12. The largest absolute Gasteiger partial charge is 0.345 e. The highest BCUT2D eigenvalue weighted by atomic mass is 35.5. The molecule has 3 amide bonds. The zero-order valence-electron chi connectivity index (χ0n) is 9.63. The summed E-state index contributed by atoms with van der Waals surface area (Å²) in [7, 11) is 0. The van der Waals surface area contributed by atoms with Crippen LogP contribution in [0.1, 0.15) is 0 Å². The first-order valence-electron chi connectivity index (χ1n) is 5.50. The number of aromatic nitrogens is 1. The Labute approximate surface area is 114 Å². The van der Waals surface area contributed by atoms with Gasteiger partial charge in [-0.05, 0) is 0 Å². The number of thiazole rings is 1. The molecule has 0 radical (unpaired) electrons. The monoisotopic (exact) mass is 288 g/mol. The zero-order chi connectivity index (χ0) is 13.0. The van der Waals surface area contributed by atoms with Gasteiger partial charge in [0.1, 0.15) is 5.88 Å². The van der Waals surface area contributed by atoms with Crippen molar-refractivity contribution in [3.63, 3.8) is 0 Å². The van der Waals surface area contributed by atoms with Gasteiger partial charge in [0, 0.05) is 37.8 Å². The van der Waals surface area contributed by atoms with Crippen LogP contribution in [0.15, 0.2) is 11.6 Å². The van der Waals surface area contributed by atoms with Crippen molar-refractivity contribution in [1.82, 2.24) is 15.2 Å². The van der Waals surface area contributed by atoms with Crippen LogP contribution in [0, 0.1) is 0 Å². The number of piperazine rings is 1. The van der Waals surface area contributed by atoms with Crippen LogP contribution in [0.4, 0.5) is 9.93 Å². The van der Waals surface area contributed by atoms with Crippen LogP contribution in [0.2, 0.25) is 0 Å². The highest BCUT2D eigenvalue weighted by molar-refractivity contribution is 7.13. The number of imide groups is 1. The Morgan fingerprint density at radius 3 is 2.67 bits per heavy atom. The summed E-state index contributed by atoms with van der Waals surface area (Å²) >= 11 is 6.91. The van der Waals surface area contributed by atoms with Crippen molar-refractivity contribution in [2.75, 3.05) is 37.0 Å². The molecule has 1 saturated heterocycles. The van der Waals surface area contributed by atoms with Crippen LogP contribution in [0.3, 0.4) is 0 Å². The first-order valence-corrected chi connectivity index (χ1v) is 6.91. The molecule has 0 spiro atoms. The molecule has 1 aliphatic rings. The molecule has 0 bridgehead atoms. The van der Waals surface area contributed by atoms with Crippen molar-refractivity contribution in [1.29, 1.82) is 0 Å². The number of hydrogen-bond acceptors (Lipinski definition) is 5. The minimum atomic E-state index is -0.469. The minimum Gasteiger partial charge on any atom is -0.345 e. The van der Waals surface area contributed by atoms with Crippen molar-refractivity contribution in [2.24, 2.45) is 0 Å². The van der Waals surface area contributed by atoms with E-state index in [0.717, 1.165) is 18.2 Å². The average Bonchev–Trinajstić information content (AvgIpc) is 2.92. The molecule has 0 unspecified atom stereocenters. The predicted molar refractivity (Wildman–Crippen MR) is 70.2 cm³/mol. The lowest BCUT2D eigenvalue weighted by molar-refractivity contribution is -0.117. The average molecular weight is 289 g/mol. The third kappa shape index (κ3) is 3.11. The Morgan fingerprint density at radius 2 is 2.11 bits per heavy atom. The van der Waals surface area contributed by atoms with Gasteiger partial charge in [0.2, 0.25) is 5.91 Å². The van der Waals surface area contributed by atoms with E-state index in [1.807, 2.05) is 5.38 Å². The summed E-state index contributed by atoms with van der Waals surface area (Å²) in [6.45, 7) is 2.58. The lowest BCUT2D eigenvalue weighted by Crippen LogP contribution is -2.53. The Kier molecular flexibility index (Phi) is 4.38. The molecule has 18 heavy (non-hydrogen) atoms.